The van der Waals surface area contributed by atoms with Crippen LogP contribution in [0.5, 0.6) is 5.75 Å². The van der Waals surface area contributed by atoms with Gasteiger partial charge >= 0.3 is 0 Å². The van der Waals surface area contributed by atoms with E-state index in [-0.39, 0.29) is 16.8 Å². The molecule has 7 heteroatoms. The van der Waals surface area contributed by atoms with Crippen molar-refractivity contribution in [2.75, 3.05) is 11.9 Å². The van der Waals surface area contributed by atoms with Gasteiger partial charge in [-0.3, -0.25) is 4.98 Å². The largest absolute Gasteiger partial charge is 0.507 e. The molecule has 0 saturated carbocycles. The van der Waals surface area contributed by atoms with Gasteiger partial charge in [0, 0.05) is 42.0 Å². The van der Waals surface area contributed by atoms with Gasteiger partial charge < -0.3 is 15.3 Å². The van der Waals surface area contributed by atoms with Gasteiger partial charge in [0.15, 0.2) is 5.82 Å². The number of nitrogens with zero attached hydrogens (tertiary/aromatic N) is 5. The molecule has 160 valence electrons. The third-order valence-corrected chi connectivity index (χ3v) is 5.92. The van der Waals surface area contributed by atoms with Crippen LogP contribution in [0.15, 0.2) is 36.5 Å². The molecule has 1 aliphatic heterocycles. The number of aromatic nitrogens is 3. The van der Waals surface area contributed by atoms with Crippen LogP contribution >= 0.6 is 0 Å². The van der Waals surface area contributed by atoms with E-state index < -0.39 is 0 Å². The predicted molar refractivity (Wildman–Crippen MR) is 123 cm³/mol. The lowest BCUT2D eigenvalue weighted by atomic mass is 9.79. The number of anilines is 1. The first kappa shape index (κ1) is 21.0. The van der Waals surface area contributed by atoms with Crippen molar-refractivity contribution in [3.05, 3.63) is 47.9 Å². The second kappa shape index (κ2) is 7.47. The van der Waals surface area contributed by atoms with Gasteiger partial charge in [0.25, 0.3) is 0 Å². The van der Waals surface area contributed by atoms with Crippen molar-refractivity contribution in [3.63, 3.8) is 0 Å². The number of nitrogens with one attached hydrogen (secondary N) is 1. The second-order valence-corrected chi connectivity index (χ2v) is 9.71. The van der Waals surface area contributed by atoms with E-state index in [4.69, 9.17) is 6.57 Å². The van der Waals surface area contributed by atoms with Crippen LogP contribution in [0.2, 0.25) is 0 Å². The lowest BCUT2D eigenvalue weighted by Crippen LogP contribution is -2.62. The molecule has 0 unspecified atom stereocenters. The van der Waals surface area contributed by atoms with Crippen LogP contribution in [-0.2, 0) is 0 Å². The number of rotatable bonds is 3. The van der Waals surface area contributed by atoms with E-state index in [1.54, 1.807) is 18.2 Å². The predicted octanol–water partition coefficient (Wildman–Crippen LogP) is 4.69. The number of hydrogen-bond donors (Lipinski definition) is 2. The summed E-state index contributed by atoms with van der Waals surface area (Å²) in [6.07, 6.45) is 3.53. The first-order chi connectivity index (χ1) is 14.6. The first-order valence-electron chi connectivity index (χ1n) is 10.4. The molecule has 1 aliphatic rings. The van der Waals surface area contributed by atoms with E-state index in [0.717, 1.165) is 24.0 Å². The van der Waals surface area contributed by atoms with E-state index in [1.165, 1.54) is 6.20 Å². The van der Waals surface area contributed by atoms with E-state index in [1.807, 2.05) is 12.1 Å². The van der Waals surface area contributed by atoms with Crippen LogP contribution in [0.4, 0.5) is 11.5 Å². The minimum Gasteiger partial charge on any atom is -0.507 e. The highest BCUT2D eigenvalue weighted by molar-refractivity contribution is 5.89. The monoisotopic (exact) mass is 416 g/mol. The molecule has 2 aromatic heterocycles. The van der Waals surface area contributed by atoms with Crippen LogP contribution in [0.1, 0.15) is 40.5 Å². The standard InChI is InChI=1S/C24H28N6O/c1-23(2)12-17(13-24(3,4)29-23)30(6)22-8-7-19(27-28-22)18-10-15-9-16(25-5)14-26-20(15)11-21(18)31/h7-11,14,17,29,31H,12-13H2,1-4,6H3. The fourth-order valence-electron chi connectivity index (χ4n) is 4.81. The Hall–Kier alpha value is -3.24. The number of aromatic hydroxyl groups is 1. The minimum atomic E-state index is 0.0448. The topological polar surface area (TPSA) is 78.5 Å². The Morgan fingerprint density at radius 1 is 1.10 bits per heavy atom. The zero-order chi connectivity index (χ0) is 22.4. The second-order valence-electron chi connectivity index (χ2n) is 9.71. The number of pyridine rings is 1. The average molecular weight is 417 g/mol. The number of benzene rings is 1. The molecule has 3 aromatic rings. The molecule has 7 nitrogen and oxygen atoms in total. The Labute approximate surface area is 183 Å². The lowest BCUT2D eigenvalue weighted by molar-refractivity contribution is 0.160. The third kappa shape index (κ3) is 4.30. The molecule has 4 rings (SSSR count). The zero-order valence-corrected chi connectivity index (χ0v) is 18.6. The Morgan fingerprint density at radius 2 is 1.81 bits per heavy atom. The number of fused-ring (bicyclic) bond motifs is 1. The van der Waals surface area contributed by atoms with Crippen molar-refractivity contribution >= 4 is 22.4 Å². The molecule has 2 N–H and O–H groups in total. The highest BCUT2D eigenvalue weighted by Crippen LogP contribution is 2.35. The van der Waals surface area contributed by atoms with Crippen LogP contribution < -0.4 is 10.2 Å². The fraction of sp³-hybridized carbons (Fsp3) is 0.417. The van der Waals surface area contributed by atoms with Crippen LogP contribution in [-0.4, -0.2) is 44.5 Å². The summed E-state index contributed by atoms with van der Waals surface area (Å²) >= 11 is 0. The molecule has 0 spiro atoms. The summed E-state index contributed by atoms with van der Waals surface area (Å²) in [5.74, 6) is 0.896. The summed E-state index contributed by atoms with van der Waals surface area (Å²) in [5, 5.41) is 23.9. The molecule has 0 bridgehead atoms. The Morgan fingerprint density at radius 3 is 2.42 bits per heavy atom. The third-order valence-electron chi connectivity index (χ3n) is 5.92. The van der Waals surface area contributed by atoms with Gasteiger partial charge in [-0.15, -0.1) is 10.2 Å². The van der Waals surface area contributed by atoms with Crippen molar-refractivity contribution in [2.45, 2.75) is 57.7 Å². The van der Waals surface area contributed by atoms with Gasteiger partial charge in [0.2, 0.25) is 5.69 Å². The van der Waals surface area contributed by atoms with Gasteiger partial charge in [0.1, 0.15) is 5.75 Å². The fourth-order valence-corrected chi connectivity index (χ4v) is 4.81. The quantitative estimate of drug-likeness (QED) is 0.603. The molecule has 3 heterocycles. The molecule has 0 atom stereocenters. The van der Waals surface area contributed by atoms with Gasteiger partial charge in [0.05, 0.1) is 17.8 Å². The summed E-state index contributed by atoms with van der Waals surface area (Å²) in [6.45, 7) is 16.1. The molecule has 1 fully saturated rings. The van der Waals surface area contributed by atoms with E-state index in [2.05, 4.69) is 65.0 Å². The van der Waals surface area contributed by atoms with E-state index >= 15 is 0 Å². The summed E-state index contributed by atoms with van der Waals surface area (Å²) in [5.41, 5.74) is 2.33. The summed E-state index contributed by atoms with van der Waals surface area (Å²) < 4.78 is 0. The van der Waals surface area contributed by atoms with Crippen molar-refractivity contribution < 1.29 is 5.11 Å². The normalized spacial score (nSPS) is 17.9. The smallest absolute Gasteiger partial charge is 0.205 e. The van der Waals surface area contributed by atoms with Crippen LogP contribution in [0.25, 0.3) is 27.0 Å². The van der Waals surface area contributed by atoms with Gasteiger partial charge in [-0.2, -0.15) is 0 Å². The number of phenols is 1. The molecule has 1 aromatic carbocycles. The maximum Gasteiger partial charge on any atom is 0.205 e. The molecule has 0 aliphatic carbocycles. The van der Waals surface area contributed by atoms with Crippen molar-refractivity contribution in [2.24, 2.45) is 0 Å². The summed E-state index contributed by atoms with van der Waals surface area (Å²) in [7, 11) is 2.07. The van der Waals surface area contributed by atoms with Crippen molar-refractivity contribution in [1.29, 1.82) is 0 Å². The number of hydrogen-bond acceptors (Lipinski definition) is 6. The molecule has 0 amide bonds. The SMILES string of the molecule is [C-]#[N+]c1cnc2cc(O)c(-c3ccc(N(C)C4CC(C)(C)NC(C)(C)C4)nn3)cc2c1. The Kier molecular flexibility index (Phi) is 5.06. The van der Waals surface area contributed by atoms with Crippen molar-refractivity contribution in [3.8, 4) is 17.0 Å². The number of piperidine rings is 1. The molecular formula is C24H28N6O. The molecule has 0 radical (unpaired) electrons. The highest BCUT2D eigenvalue weighted by Gasteiger charge is 2.39. The Balaban J connectivity index is 1.62. The molecular weight excluding hydrogens is 388 g/mol. The lowest BCUT2D eigenvalue weighted by Gasteiger charge is -2.49. The zero-order valence-electron chi connectivity index (χ0n) is 18.6. The van der Waals surface area contributed by atoms with Gasteiger partial charge in [-0.05, 0) is 70.2 Å². The Bertz CT molecular complexity index is 1150. The van der Waals surface area contributed by atoms with Crippen LogP contribution in [0.3, 0.4) is 0 Å². The minimum absolute atomic E-state index is 0.0448. The maximum absolute atomic E-state index is 10.5. The van der Waals surface area contributed by atoms with Gasteiger partial charge in [-0.1, -0.05) is 0 Å². The van der Waals surface area contributed by atoms with E-state index in [0.29, 0.717) is 28.5 Å². The van der Waals surface area contributed by atoms with Crippen LogP contribution in [0, 0.1) is 6.57 Å². The van der Waals surface area contributed by atoms with Crippen molar-refractivity contribution in [1.82, 2.24) is 20.5 Å². The average Bonchev–Trinajstić information content (AvgIpc) is 2.70. The highest BCUT2D eigenvalue weighted by atomic mass is 16.3. The molecule has 1 saturated heterocycles. The summed E-state index contributed by atoms with van der Waals surface area (Å²) in [6, 6.07) is 9.33. The number of phenolic OH excluding ortho intramolecular Hbond substituents is 1. The molecule has 31 heavy (non-hydrogen) atoms. The van der Waals surface area contributed by atoms with E-state index in [9.17, 15) is 5.11 Å². The van der Waals surface area contributed by atoms with Gasteiger partial charge in [-0.25, -0.2) is 4.85 Å². The summed E-state index contributed by atoms with van der Waals surface area (Å²) in [4.78, 5) is 9.87. The first-order valence-corrected chi connectivity index (χ1v) is 10.4. The maximum atomic E-state index is 10.5.